The Kier molecular flexibility index (Phi) is 4.50. The van der Waals surface area contributed by atoms with Gasteiger partial charge >= 0.3 is 0 Å². The van der Waals surface area contributed by atoms with Crippen LogP contribution in [-0.2, 0) is 4.79 Å². The van der Waals surface area contributed by atoms with Gasteiger partial charge in [-0.15, -0.1) is 0 Å². The van der Waals surface area contributed by atoms with Gasteiger partial charge in [0.1, 0.15) is 17.9 Å². The number of primary amides is 1. The van der Waals surface area contributed by atoms with Crippen LogP contribution in [0.4, 0.5) is 10.1 Å². The van der Waals surface area contributed by atoms with Crippen molar-refractivity contribution < 1.29 is 9.18 Å². The minimum Gasteiger partial charge on any atom is -0.368 e. The molecule has 21 heavy (non-hydrogen) atoms. The van der Waals surface area contributed by atoms with E-state index in [0.29, 0.717) is 10.2 Å². The Bertz CT molecular complexity index is 715. The summed E-state index contributed by atoms with van der Waals surface area (Å²) in [5.74, 6) is -1.34. The summed E-state index contributed by atoms with van der Waals surface area (Å²) >= 11 is 3.16. The molecule has 3 N–H and O–H groups in total. The average molecular weight is 349 g/mol. The van der Waals surface area contributed by atoms with Crippen LogP contribution in [-0.4, -0.2) is 10.9 Å². The van der Waals surface area contributed by atoms with Crippen molar-refractivity contribution in [2.24, 2.45) is 5.73 Å². The molecule has 106 valence electrons. The second-order valence-corrected chi connectivity index (χ2v) is 5.01. The number of hydrogen-bond acceptors (Lipinski definition) is 4. The van der Waals surface area contributed by atoms with E-state index in [4.69, 9.17) is 11.0 Å². The van der Waals surface area contributed by atoms with Crippen molar-refractivity contribution in [3.63, 3.8) is 0 Å². The molecule has 0 saturated heterocycles. The zero-order chi connectivity index (χ0) is 15.4. The van der Waals surface area contributed by atoms with Gasteiger partial charge in [0.15, 0.2) is 0 Å². The highest BCUT2D eigenvalue weighted by Crippen LogP contribution is 2.27. The van der Waals surface area contributed by atoms with E-state index in [9.17, 15) is 9.18 Å². The number of nitrogens with one attached hydrogen (secondary N) is 1. The van der Waals surface area contributed by atoms with Gasteiger partial charge in [0, 0.05) is 10.7 Å². The molecular formula is C14H10BrFN4O. The highest BCUT2D eigenvalue weighted by Gasteiger charge is 2.21. The van der Waals surface area contributed by atoms with E-state index in [-0.39, 0.29) is 11.3 Å². The third-order valence-corrected chi connectivity index (χ3v) is 3.40. The van der Waals surface area contributed by atoms with Crippen LogP contribution in [0.5, 0.6) is 0 Å². The molecule has 1 amide bonds. The summed E-state index contributed by atoms with van der Waals surface area (Å²) in [6.07, 6.45) is 1.51. The predicted octanol–water partition coefficient (Wildman–Crippen LogP) is 2.49. The zero-order valence-corrected chi connectivity index (χ0v) is 12.3. The second kappa shape index (κ2) is 6.33. The first-order chi connectivity index (χ1) is 10.0. The number of anilines is 1. The van der Waals surface area contributed by atoms with Crippen LogP contribution in [0.15, 0.2) is 41.0 Å². The Morgan fingerprint density at radius 1 is 1.48 bits per heavy atom. The topological polar surface area (TPSA) is 91.8 Å². The van der Waals surface area contributed by atoms with E-state index in [1.165, 1.54) is 12.3 Å². The highest BCUT2D eigenvalue weighted by atomic mass is 79.9. The third-order valence-electron chi connectivity index (χ3n) is 2.75. The number of pyridine rings is 1. The number of carbonyl (C=O) groups is 1. The minimum absolute atomic E-state index is 0.0512. The van der Waals surface area contributed by atoms with E-state index < -0.39 is 17.8 Å². The number of nitriles is 1. The highest BCUT2D eigenvalue weighted by molar-refractivity contribution is 9.10. The van der Waals surface area contributed by atoms with E-state index >= 15 is 0 Å². The summed E-state index contributed by atoms with van der Waals surface area (Å²) in [6, 6.07) is 8.34. The van der Waals surface area contributed by atoms with Crippen molar-refractivity contribution in [3.05, 3.63) is 58.1 Å². The summed E-state index contributed by atoms with van der Waals surface area (Å²) in [7, 11) is 0. The van der Waals surface area contributed by atoms with Crippen LogP contribution in [0, 0.1) is 17.1 Å². The largest absolute Gasteiger partial charge is 0.368 e. The lowest BCUT2D eigenvalue weighted by Gasteiger charge is -2.17. The zero-order valence-electron chi connectivity index (χ0n) is 10.7. The Labute approximate surface area is 128 Å². The molecule has 0 aliphatic carbocycles. The maximum atomic E-state index is 13.9. The van der Waals surface area contributed by atoms with Crippen molar-refractivity contribution in [3.8, 4) is 6.07 Å². The molecule has 0 fully saturated rings. The SMILES string of the molecule is N#Cc1cc(F)c(NC(C(N)=O)c2ccccn2)cc1Br. The Morgan fingerprint density at radius 3 is 2.81 bits per heavy atom. The minimum atomic E-state index is -0.972. The first-order valence-electron chi connectivity index (χ1n) is 5.89. The third kappa shape index (κ3) is 3.35. The van der Waals surface area contributed by atoms with E-state index in [1.807, 2.05) is 6.07 Å². The van der Waals surface area contributed by atoms with Crippen molar-refractivity contribution in [1.29, 1.82) is 5.26 Å². The van der Waals surface area contributed by atoms with Gasteiger partial charge in [-0.3, -0.25) is 9.78 Å². The molecule has 0 saturated carbocycles. The van der Waals surface area contributed by atoms with Gasteiger partial charge in [-0.2, -0.15) is 5.26 Å². The smallest absolute Gasteiger partial charge is 0.246 e. The molecule has 2 rings (SSSR count). The van der Waals surface area contributed by atoms with E-state index in [1.54, 1.807) is 18.2 Å². The lowest BCUT2D eigenvalue weighted by atomic mass is 10.1. The summed E-state index contributed by atoms with van der Waals surface area (Å²) in [6.45, 7) is 0. The van der Waals surface area contributed by atoms with Crippen LogP contribution in [0.25, 0.3) is 0 Å². The maximum Gasteiger partial charge on any atom is 0.246 e. The molecular weight excluding hydrogens is 339 g/mol. The van der Waals surface area contributed by atoms with Crippen molar-refractivity contribution in [2.45, 2.75) is 6.04 Å². The standard InChI is InChI=1S/C14H10BrFN4O/c15-9-6-12(10(16)5-8(9)7-17)20-13(14(18)21)11-3-1-2-4-19-11/h1-6,13,20H,(H2,18,21). The second-order valence-electron chi connectivity index (χ2n) is 4.16. The number of halogens is 2. The van der Waals surface area contributed by atoms with Crippen LogP contribution in [0.2, 0.25) is 0 Å². The summed E-state index contributed by atoms with van der Waals surface area (Å²) in [5, 5.41) is 11.5. The van der Waals surface area contributed by atoms with E-state index in [0.717, 1.165) is 6.07 Å². The van der Waals surface area contributed by atoms with Gasteiger partial charge in [0.2, 0.25) is 5.91 Å². The van der Waals surface area contributed by atoms with Gasteiger partial charge in [-0.25, -0.2) is 4.39 Å². The number of hydrogen-bond donors (Lipinski definition) is 2. The number of benzene rings is 1. The van der Waals surface area contributed by atoms with Gasteiger partial charge in [0.25, 0.3) is 0 Å². The molecule has 5 nitrogen and oxygen atoms in total. The molecule has 7 heteroatoms. The Hall–Kier alpha value is -2.46. The normalized spacial score (nSPS) is 11.5. The van der Waals surface area contributed by atoms with Gasteiger partial charge < -0.3 is 11.1 Å². The molecule has 0 aliphatic heterocycles. The molecule has 2 aromatic rings. The quantitative estimate of drug-likeness (QED) is 0.887. The molecule has 1 atom stereocenters. The molecule has 0 spiro atoms. The number of nitrogens with two attached hydrogens (primary N) is 1. The van der Waals surface area contributed by atoms with Gasteiger partial charge in [-0.1, -0.05) is 6.07 Å². The molecule has 1 unspecified atom stereocenters. The van der Waals surface area contributed by atoms with Crippen LogP contribution < -0.4 is 11.1 Å². The number of nitrogens with zero attached hydrogens (tertiary/aromatic N) is 2. The first kappa shape index (κ1) is 14.9. The number of rotatable bonds is 4. The molecule has 1 heterocycles. The number of amides is 1. The number of carbonyl (C=O) groups excluding carboxylic acids is 1. The summed E-state index contributed by atoms with van der Waals surface area (Å²) in [5.41, 5.74) is 5.92. The summed E-state index contributed by atoms with van der Waals surface area (Å²) in [4.78, 5) is 15.6. The Morgan fingerprint density at radius 2 is 2.24 bits per heavy atom. The van der Waals surface area contributed by atoms with Gasteiger partial charge in [0.05, 0.1) is 16.9 Å². The fourth-order valence-corrected chi connectivity index (χ4v) is 2.17. The van der Waals surface area contributed by atoms with Crippen molar-refractivity contribution in [2.75, 3.05) is 5.32 Å². The Balaban J connectivity index is 2.37. The molecule has 0 radical (unpaired) electrons. The molecule has 0 bridgehead atoms. The monoisotopic (exact) mass is 348 g/mol. The maximum absolute atomic E-state index is 13.9. The van der Waals surface area contributed by atoms with E-state index in [2.05, 4.69) is 26.2 Å². The fraction of sp³-hybridized carbons (Fsp3) is 0.0714. The average Bonchev–Trinajstić information content (AvgIpc) is 2.48. The summed E-state index contributed by atoms with van der Waals surface area (Å²) < 4.78 is 14.4. The lowest BCUT2D eigenvalue weighted by Crippen LogP contribution is -2.28. The molecule has 1 aromatic carbocycles. The fourth-order valence-electron chi connectivity index (χ4n) is 1.74. The van der Waals surface area contributed by atoms with Crippen LogP contribution >= 0.6 is 15.9 Å². The van der Waals surface area contributed by atoms with Crippen LogP contribution in [0.3, 0.4) is 0 Å². The van der Waals surface area contributed by atoms with Crippen LogP contribution in [0.1, 0.15) is 17.3 Å². The molecule has 0 aliphatic rings. The predicted molar refractivity (Wildman–Crippen MR) is 78.6 cm³/mol. The van der Waals surface area contributed by atoms with Crippen molar-refractivity contribution in [1.82, 2.24) is 4.98 Å². The van der Waals surface area contributed by atoms with Crippen molar-refractivity contribution >= 4 is 27.5 Å². The lowest BCUT2D eigenvalue weighted by molar-refractivity contribution is -0.118. The van der Waals surface area contributed by atoms with Gasteiger partial charge in [-0.05, 0) is 40.2 Å². The molecule has 1 aromatic heterocycles. The first-order valence-corrected chi connectivity index (χ1v) is 6.68. The number of aromatic nitrogens is 1.